The van der Waals surface area contributed by atoms with Gasteiger partial charge in [-0.15, -0.1) is 0 Å². The fraction of sp³-hybridized carbons (Fsp3) is 0.385. The standard InChI is InChI=1S/C13H13N5O2/c14-5-9-1-2-11(15-6-9)17-3-4-18-10(8-17)7-16-12(19)13(18)20/h1-2,6,10H,3-4,7-8H2,(H,16,19)/t10-/m1/s1. The summed E-state index contributed by atoms with van der Waals surface area (Å²) in [5.74, 6) is -0.187. The van der Waals surface area contributed by atoms with Crippen LogP contribution in [0.5, 0.6) is 0 Å². The second-order valence-electron chi connectivity index (χ2n) is 4.83. The zero-order valence-corrected chi connectivity index (χ0v) is 10.7. The molecule has 3 heterocycles. The molecule has 7 nitrogen and oxygen atoms in total. The summed E-state index contributed by atoms with van der Waals surface area (Å²) in [5, 5.41) is 11.4. The van der Waals surface area contributed by atoms with Gasteiger partial charge in [-0.3, -0.25) is 9.59 Å². The molecule has 20 heavy (non-hydrogen) atoms. The predicted molar refractivity (Wildman–Crippen MR) is 69.7 cm³/mol. The normalized spacial score (nSPS) is 22.1. The molecule has 2 saturated heterocycles. The number of pyridine rings is 1. The van der Waals surface area contributed by atoms with Crippen molar-refractivity contribution in [3.8, 4) is 6.07 Å². The first kappa shape index (κ1) is 12.4. The van der Waals surface area contributed by atoms with Gasteiger partial charge in [0.25, 0.3) is 0 Å². The van der Waals surface area contributed by atoms with Crippen molar-refractivity contribution in [1.29, 1.82) is 5.26 Å². The number of aromatic nitrogens is 1. The van der Waals surface area contributed by atoms with Gasteiger partial charge in [-0.05, 0) is 12.1 Å². The van der Waals surface area contributed by atoms with E-state index in [0.29, 0.717) is 31.7 Å². The van der Waals surface area contributed by atoms with Crippen molar-refractivity contribution in [2.24, 2.45) is 0 Å². The minimum atomic E-state index is -0.522. The van der Waals surface area contributed by atoms with E-state index in [2.05, 4.69) is 15.2 Å². The third kappa shape index (κ3) is 2.05. The molecule has 1 aromatic rings. The van der Waals surface area contributed by atoms with Crippen molar-refractivity contribution in [1.82, 2.24) is 15.2 Å². The van der Waals surface area contributed by atoms with Gasteiger partial charge in [-0.2, -0.15) is 5.26 Å². The SMILES string of the molecule is N#Cc1ccc(N2CCN3C(=O)C(=O)NC[C@@H]3C2)nc1. The molecule has 1 atom stereocenters. The summed E-state index contributed by atoms with van der Waals surface area (Å²) in [6, 6.07) is 5.54. The van der Waals surface area contributed by atoms with Crippen LogP contribution in [0.1, 0.15) is 5.56 Å². The van der Waals surface area contributed by atoms with Gasteiger partial charge in [0.15, 0.2) is 0 Å². The molecule has 2 aliphatic rings. The van der Waals surface area contributed by atoms with Crippen LogP contribution in [0.3, 0.4) is 0 Å². The number of nitriles is 1. The zero-order chi connectivity index (χ0) is 14.1. The number of fused-ring (bicyclic) bond motifs is 1. The summed E-state index contributed by atoms with van der Waals surface area (Å²) in [5.41, 5.74) is 0.521. The Balaban J connectivity index is 1.74. The maximum absolute atomic E-state index is 11.7. The number of carbonyl (C=O) groups is 2. The van der Waals surface area contributed by atoms with Crippen molar-refractivity contribution < 1.29 is 9.59 Å². The molecule has 0 unspecified atom stereocenters. The van der Waals surface area contributed by atoms with Crippen LogP contribution < -0.4 is 10.2 Å². The topological polar surface area (TPSA) is 89.3 Å². The Labute approximate surface area is 115 Å². The number of carbonyl (C=O) groups excluding carboxylic acids is 2. The van der Waals surface area contributed by atoms with Gasteiger partial charge in [0.05, 0.1) is 11.6 Å². The van der Waals surface area contributed by atoms with Crippen LogP contribution in [0.25, 0.3) is 0 Å². The molecular formula is C13H13N5O2. The fourth-order valence-electron chi connectivity index (χ4n) is 2.56. The van der Waals surface area contributed by atoms with Crippen molar-refractivity contribution in [3.63, 3.8) is 0 Å². The molecule has 7 heteroatoms. The number of hydrogen-bond donors (Lipinski definition) is 1. The minimum Gasteiger partial charge on any atom is -0.353 e. The quantitative estimate of drug-likeness (QED) is 0.669. The predicted octanol–water partition coefficient (Wildman–Crippen LogP) is -0.900. The van der Waals surface area contributed by atoms with E-state index in [-0.39, 0.29) is 6.04 Å². The second-order valence-corrected chi connectivity index (χ2v) is 4.83. The number of amides is 2. The third-order valence-electron chi connectivity index (χ3n) is 3.64. The van der Waals surface area contributed by atoms with Crippen LogP contribution in [0.2, 0.25) is 0 Å². The maximum atomic E-state index is 11.7. The highest BCUT2D eigenvalue weighted by molar-refractivity contribution is 6.35. The molecule has 0 spiro atoms. The highest BCUT2D eigenvalue weighted by Crippen LogP contribution is 2.18. The van der Waals surface area contributed by atoms with Gasteiger partial charge in [0.1, 0.15) is 11.9 Å². The van der Waals surface area contributed by atoms with E-state index >= 15 is 0 Å². The van der Waals surface area contributed by atoms with Gasteiger partial charge < -0.3 is 15.1 Å². The Morgan fingerprint density at radius 3 is 2.90 bits per heavy atom. The maximum Gasteiger partial charge on any atom is 0.312 e. The molecule has 1 N–H and O–H groups in total. The number of nitrogens with zero attached hydrogens (tertiary/aromatic N) is 4. The van der Waals surface area contributed by atoms with Gasteiger partial charge in [-0.25, -0.2) is 4.98 Å². The summed E-state index contributed by atoms with van der Waals surface area (Å²) in [7, 11) is 0. The summed E-state index contributed by atoms with van der Waals surface area (Å²) in [4.78, 5) is 31.0. The van der Waals surface area contributed by atoms with Crippen molar-refractivity contribution in [2.45, 2.75) is 6.04 Å². The van der Waals surface area contributed by atoms with Gasteiger partial charge in [0, 0.05) is 32.4 Å². The largest absolute Gasteiger partial charge is 0.353 e. The third-order valence-corrected chi connectivity index (χ3v) is 3.64. The average molecular weight is 271 g/mol. The van der Waals surface area contributed by atoms with E-state index in [1.54, 1.807) is 17.0 Å². The first-order chi connectivity index (χ1) is 9.69. The molecule has 0 radical (unpaired) electrons. The van der Waals surface area contributed by atoms with Crippen LogP contribution in [-0.4, -0.2) is 53.9 Å². The van der Waals surface area contributed by atoms with Gasteiger partial charge in [-0.1, -0.05) is 0 Å². The first-order valence-electron chi connectivity index (χ1n) is 6.39. The number of nitrogens with one attached hydrogen (secondary N) is 1. The molecular weight excluding hydrogens is 258 g/mol. The molecule has 0 aliphatic carbocycles. The van der Waals surface area contributed by atoms with Crippen LogP contribution >= 0.6 is 0 Å². The smallest absolute Gasteiger partial charge is 0.312 e. The summed E-state index contributed by atoms with van der Waals surface area (Å²) in [6.07, 6.45) is 1.54. The van der Waals surface area contributed by atoms with E-state index in [1.807, 2.05) is 6.07 Å². The monoisotopic (exact) mass is 271 g/mol. The van der Waals surface area contributed by atoms with Crippen molar-refractivity contribution in [2.75, 3.05) is 31.1 Å². The number of anilines is 1. The molecule has 2 fully saturated rings. The fourth-order valence-corrected chi connectivity index (χ4v) is 2.56. The van der Waals surface area contributed by atoms with Crippen LogP contribution in [0, 0.1) is 11.3 Å². The van der Waals surface area contributed by atoms with E-state index < -0.39 is 11.8 Å². The summed E-state index contributed by atoms with van der Waals surface area (Å²) < 4.78 is 0. The van der Waals surface area contributed by atoms with E-state index in [9.17, 15) is 9.59 Å². The van der Waals surface area contributed by atoms with Crippen LogP contribution in [0.4, 0.5) is 5.82 Å². The van der Waals surface area contributed by atoms with Crippen molar-refractivity contribution >= 4 is 17.6 Å². The Morgan fingerprint density at radius 2 is 2.20 bits per heavy atom. The average Bonchev–Trinajstić information content (AvgIpc) is 2.51. The number of rotatable bonds is 1. The minimum absolute atomic E-state index is 0.0219. The Kier molecular flexibility index (Phi) is 2.99. The van der Waals surface area contributed by atoms with Gasteiger partial charge >= 0.3 is 11.8 Å². The summed E-state index contributed by atoms with van der Waals surface area (Å²) >= 11 is 0. The summed E-state index contributed by atoms with van der Waals surface area (Å²) in [6.45, 7) is 2.25. The lowest BCUT2D eigenvalue weighted by atomic mass is 10.1. The molecule has 102 valence electrons. The number of piperazine rings is 2. The van der Waals surface area contributed by atoms with Crippen molar-refractivity contribution in [3.05, 3.63) is 23.9 Å². The molecule has 2 aliphatic heterocycles. The lowest BCUT2D eigenvalue weighted by molar-refractivity contribution is -0.150. The van der Waals surface area contributed by atoms with E-state index in [1.165, 1.54) is 6.20 Å². The van der Waals surface area contributed by atoms with Crippen LogP contribution in [0.15, 0.2) is 18.3 Å². The highest BCUT2D eigenvalue weighted by Gasteiger charge is 2.37. The van der Waals surface area contributed by atoms with E-state index in [4.69, 9.17) is 5.26 Å². The Hall–Kier alpha value is -2.62. The van der Waals surface area contributed by atoms with Gasteiger partial charge in [0.2, 0.25) is 0 Å². The van der Waals surface area contributed by atoms with Crippen LogP contribution in [-0.2, 0) is 9.59 Å². The highest BCUT2D eigenvalue weighted by atomic mass is 16.2. The second kappa shape index (κ2) is 4.81. The lowest BCUT2D eigenvalue weighted by Crippen LogP contribution is -2.65. The molecule has 0 aromatic carbocycles. The molecule has 0 saturated carbocycles. The zero-order valence-electron chi connectivity index (χ0n) is 10.7. The molecule has 0 bridgehead atoms. The molecule has 3 rings (SSSR count). The molecule has 1 aromatic heterocycles. The molecule has 2 amide bonds. The number of hydrogen-bond acceptors (Lipinski definition) is 5. The lowest BCUT2D eigenvalue weighted by Gasteiger charge is -2.43. The first-order valence-corrected chi connectivity index (χ1v) is 6.39. The Morgan fingerprint density at radius 1 is 1.35 bits per heavy atom. The Bertz CT molecular complexity index is 592. The van der Waals surface area contributed by atoms with E-state index in [0.717, 1.165) is 5.82 Å².